The van der Waals surface area contributed by atoms with Crippen LogP contribution in [-0.2, 0) is 6.42 Å². The average molecular weight is 402 g/mol. The standard InChI is InChI=1S/C26H27NO3/c28-25-22-12-10-21(29-16-15-27-13-5-2-6-14-27)18-24(22)30-26-20(9-11-23(25)26)17-19-7-3-1-4-8-19/h1,3-4,7-8,10,12,17-18H,2,5-6,9,11,13-16H2. The lowest BCUT2D eigenvalue weighted by Gasteiger charge is -2.26. The van der Waals surface area contributed by atoms with Crippen LogP contribution in [0, 0.1) is 0 Å². The van der Waals surface area contributed by atoms with Gasteiger partial charge in [0, 0.05) is 18.2 Å². The average Bonchev–Trinajstić information content (AvgIpc) is 3.18. The molecule has 4 heteroatoms. The molecular weight excluding hydrogens is 374 g/mol. The molecule has 1 aliphatic heterocycles. The number of allylic oxidation sites excluding steroid dienone is 1. The van der Waals surface area contributed by atoms with E-state index < -0.39 is 0 Å². The fourth-order valence-corrected chi connectivity index (χ4v) is 4.53. The van der Waals surface area contributed by atoms with Gasteiger partial charge in [-0.25, -0.2) is 0 Å². The topological polar surface area (TPSA) is 42.7 Å². The largest absolute Gasteiger partial charge is 0.492 e. The second-order valence-electron chi connectivity index (χ2n) is 8.23. The predicted octanol–water partition coefficient (Wildman–Crippen LogP) is 5.14. The fraction of sp³-hybridized carbons (Fsp3) is 0.346. The summed E-state index contributed by atoms with van der Waals surface area (Å²) in [6, 6.07) is 15.8. The lowest BCUT2D eigenvalue weighted by Crippen LogP contribution is -2.33. The zero-order valence-electron chi connectivity index (χ0n) is 17.2. The van der Waals surface area contributed by atoms with Gasteiger partial charge in [0.15, 0.2) is 5.43 Å². The van der Waals surface area contributed by atoms with Crippen LogP contribution >= 0.6 is 0 Å². The zero-order valence-corrected chi connectivity index (χ0v) is 17.2. The minimum absolute atomic E-state index is 0.0857. The molecule has 3 aromatic rings. The molecule has 0 bridgehead atoms. The van der Waals surface area contributed by atoms with E-state index >= 15 is 0 Å². The van der Waals surface area contributed by atoms with E-state index in [0.29, 0.717) is 17.6 Å². The summed E-state index contributed by atoms with van der Waals surface area (Å²) < 4.78 is 12.2. The zero-order chi connectivity index (χ0) is 20.3. The van der Waals surface area contributed by atoms with Gasteiger partial charge < -0.3 is 9.15 Å². The summed E-state index contributed by atoms with van der Waals surface area (Å²) in [5.41, 5.74) is 3.70. The molecule has 0 N–H and O–H groups in total. The summed E-state index contributed by atoms with van der Waals surface area (Å²) in [6.45, 7) is 3.92. The van der Waals surface area contributed by atoms with Crippen LogP contribution in [0.1, 0.15) is 42.6 Å². The highest BCUT2D eigenvalue weighted by atomic mass is 16.5. The van der Waals surface area contributed by atoms with Crippen molar-refractivity contribution in [3.05, 3.63) is 75.6 Å². The highest BCUT2D eigenvalue weighted by molar-refractivity contribution is 5.87. The fourth-order valence-electron chi connectivity index (χ4n) is 4.53. The molecular formula is C26H27NO3. The Bertz CT molecular complexity index is 1120. The number of fused-ring (bicyclic) bond motifs is 2. The van der Waals surface area contributed by atoms with Gasteiger partial charge in [0.05, 0.1) is 5.39 Å². The smallest absolute Gasteiger partial charge is 0.196 e. The van der Waals surface area contributed by atoms with Crippen molar-refractivity contribution in [3.63, 3.8) is 0 Å². The van der Waals surface area contributed by atoms with Crippen LogP contribution in [0.5, 0.6) is 5.75 Å². The molecule has 5 rings (SSSR count). The Morgan fingerprint density at radius 1 is 1.00 bits per heavy atom. The third-order valence-electron chi connectivity index (χ3n) is 6.16. The van der Waals surface area contributed by atoms with Gasteiger partial charge in [-0.05, 0) is 68.1 Å². The molecule has 0 unspecified atom stereocenters. The third kappa shape index (κ3) is 3.92. The quantitative estimate of drug-likeness (QED) is 0.593. The van der Waals surface area contributed by atoms with Crippen molar-refractivity contribution in [1.29, 1.82) is 0 Å². The van der Waals surface area contributed by atoms with Gasteiger partial charge in [0.2, 0.25) is 0 Å². The highest BCUT2D eigenvalue weighted by Crippen LogP contribution is 2.34. The van der Waals surface area contributed by atoms with Crippen molar-refractivity contribution in [2.45, 2.75) is 32.1 Å². The van der Waals surface area contributed by atoms with Crippen molar-refractivity contribution in [2.75, 3.05) is 26.2 Å². The molecule has 0 radical (unpaired) electrons. The first-order chi connectivity index (χ1) is 14.8. The summed E-state index contributed by atoms with van der Waals surface area (Å²) in [5.74, 6) is 1.50. The number of rotatable bonds is 5. The van der Waals surface area contributed by atoms with Crippen molar-refractivity contribution < 1.29 is 9.15 Å². The molecule has 4 nitrogen and oxygen atoms in total. The minimum atomic E-state index is 0.0857. The van der Waals surface area contributed by atoms with E-state index in [4.69, 9.17) is 9.15 Å². The summed E-state index contributed by atoms with van der Waals surface area (Å²) in [6.07, 6.45) is 7.60. The molecule has 2 aliphatic rings. The van der Waals surface area contributed by atoms with Crippen molar-refractivity contribution in [3.8, 4) is 5.75 Å². The molecule has 2 heterocycles. The molecule has 0 amide bonds. The van der Waals surface area contributed by atoms with Crippen LogP contribution in [0.3, 0.4) is 0 Å². The Kier molecular flexibility index (Phi) is 5.41. The Morgan fingerprint density at radius 3 is 2.67 bits per heavy atom. The molecule has 0 saturated carbocycles. The maximum atomic E-state index is 13.0. The van der Waals surface area contributed by atoms with Gasteiger partial charge in [0.25, 0.3) is 0 Å². The van der Waals surface area contributed by atoms with Gasteiger partial charge in [-0.2, -0.15) is 0 Å². The molecule has 0 spiro atoms. The summed E-state index contributed by atoms with van der Waals surface area (Å²) >= 11 is 0. The van der Waals surface area contributed by atoms with Crippen LogP contribution < -0.4 is 10.2 Å². The maximum Gasteiger partial charge on any atom is 0.196 e. The summed E-state index contributed by atoms with van der Waals surface area (Å²) in [5, 5.41) is 0.637. The lowest BCUT2D eigenvalue weighted by atomic mass is 10.1. The van der Waals surface area contributed by atoms with Crippen LogP contribution in [0.15, 0.2) is 57.7 Å². The SMILES string of the molecule is O=c1c2c(oc3cc(OCCN4CCCCC4)ccc13)C(=Cc1ccccc1)CC2. The van der Waals surface area contributed by atoms with E-state index in [1.165, 1.54) is 32.4 Å². The lowest BCUT2D eigenvalue weighted by molar-refractivity contribution is 0.183. The van der Waals surface area contributed by atoms with Crippen molar-refractivity contribution in [2.24, 2.45) is 0 Å². The van der Waals surface area contributed by atoms with E-state index in [9.17, 15) is 4.79 Å². The third-order valence-corrected chi connectivity index (χ3v) is 6.16. The minimum Gasteiger partial charge on any atom is -0.492 e. The number of nitrogens with zero attached hydrogens (tertiary/aromatic N) is 1. The predicted molar refractivity (Wildman–Crippen MR) is 121 cm³/mol. The molecule has 2 aromatic carbocycles. The second-order valence-corrected chi connectivity index (χ2v) is 8.23. The highest BCUT2D eigenvalue weighted by Gasteiger charge is 2.24. The first-order valence-corrected chi connectivity index (χ1v) is 11.0. The number of ether oxygens (including phenoxy) is 1. The van der Waals surface area contributed by atoms with Crippen LogP contribution in [-0.4, -0.2) is 31.1 Å². The maximum absolute atomic E-state index is 13.0. The number of hydrogen-bond acceptors (Lipinski definition) is 4. The van der Waals surface area contributed by atoms with E-state index in [2.05, 4.69) is 23.1 Å². The first-order valence-electron chi connectivity index (χ1n) is 11.0. The van der Waals surface area contributed by atoms with E-state index in [1.54, 1.807) is 0 Å². The van der Waals surface area contributed by atoms with Crippen molar-refractivity contribution in [1.82, 2.24) is 4.90 Å². The number of likely N-dealkylation sites (tertiary alicyclic amines) is 1. The van der Waals surface area contributed by atoms with Gasteiger partial charge in [-0.15, -0.1) is 0 Å². The number of piperidine rings is 1. The summed E-state index contributed by atoms with van der Waals surface area (Å²) in [7, 11) is 0. The van der Waals surface area contributed by atoms with Crippen molar-refractivity contribution >= 4 is 22.6 Å². The Labute approximate surface area is 176 Å². The molecule has 1 aliphatic carbocycles. The molecule has 1 aromatic heterocycles. The molecule has 0 atom stereocenters. The normalized spacial score (nSPS) is 18.1. The Balaban J connectivity index is 1.39. The van der Waals surface area contributed by atoms with E-state index in [1.807, 2.05) is 36.4 Å². The summed E-state index contributed by atoms with van der Waals surface area (Å²) in [4.78, 5) is 15.5. The van der Waals surface area contributed by atoms with Crippen LogP contribution in [0.25, 0.3) is 22.6 Å². The Morgan fingerprint density at radius 2 is 1.83 bits per heavy atom. The monoisotopic (exact) mass is 401 g/mol. The first kappa shape index (κ1) is 19.1. The second kappa shape index (κ2) is 8.49. The molecule has 1 saturated heterocycles. The van der Waals surface area contributed by atoms with E-state index in [-0.39, 0.29) is 5.43 Å². The Hall–Kier alpha value is -2.85. The van der Waals surface area contributed by atoms with Gasteiger partial charge in [-0.3, -0.25) is 9.69 Å². The van der Waals surface area contributed by atoms with Gasteiger partial charge in [-0.1, -0.05) is 36.8 Å². The molecule has 1 fully saturated rings. The van der Waals surface area contributed by atoms with Crippen LogP contribution in [0.4, 0.5) is 0 Å². The van der Waals surface area contributed by atoms with Crippen LogP contribution in [0.2, 0.25) is 0 Å². The van der Waals surface area contributed by atoms with E-state index in [0.717, 1.165) is 47.6 Å². The molecule has 154 valence electrons. The molecule has 30 heavy (non-hydrogen) atoms. The van der Waals surface area contributed by atoms with Gasteiger partial charge >= 0.3 is 0 Å². The van der Waals surface area contributed by atoms with Gasteiger partial charge in [0.1, 0.15) is 23.7 Å². The number of benzene rings is 2. The number of hydrogen-bond donors (Lipinski definition) is 0.